The van der Waals surface area contributed by atoms with E-state index in [1.165, 1.54) is 7.11 Å². The Bertz CT molecular complexity index is 1540. The number of nitrogens with zero attached hydrogens (tertiary/aromatic N) is 6. The number of anilines is 3. The number of aromatic amines is 1. The molecule has 4 aromatic rings. The van der Waals surface area contributed by atoms with Gasteiger partial charge in [0.2, 0.25) is 17.8 Å². The van der Waals surface area contributed by atoms with Crippen molar-refractivity contribution in [1.82, 2.24) is 19.9 Å². The second kappa shape index (κ2) is 11.2. The molecule has 0 bridgehead atoms. The number of methoxy groups -OCH3 is 1. The monoisotopic (exact) mass is 569 g/mol. The molecule has 1 N–H and O–H groups in total. The number of benzene rings is 2. The molecule has 0 amide bonds. The van der Waals surface area contributed by atoms with Crippen LogP contribution >= 0.6 is 0 Å². The highest BCUT2D eigenvalue weighted by atomic mass is 16.5. The lowest BCUT2D eigenvalue weighted by Gasteiger charge is -2.41. The number of aromatic nitrogens is 4. The van der Waals surface area contributed by atoms with Crippen LogP contribution < -0.4 is 14.7 Å². The van der Waals surface area contributed by atoms with E-state index in [9.17, 15) is 4.79 Å². The van der Waals surface area contributed by atoms with E-state index in [4.69, 9.17) is 29.2 Å². The largest absolute Gasteiger partial charge is 0.467 e. The van der Waals surface area contributed by atoms with E-state index in [2.05, 4.69) is 58.1 Å². The second-order valence-corrected chi connectivity index (χ2v) is 11.0. The summed E-state index contributed by atoms with van der Waals surface area (Å²) in [5.74, 6) is 1.28. The third-order valence-corrected chi connectivity index (χ3v) is 8.42. The van der Waals surface area contributed by atoms with E-state index >= 15 is 0 Å². The van der Waals surface area contributed by atoms with E-state index in [0.717, 1.165) is 33.3 Å². The van der Waals surface area contributed by atoms with Crippen molar-refractivity contribution in [2.24, 2.45) is 0 Å². The van der Waals surface area contributed by atoms with Gasteiger partial charge in [-0.25, -0.2) is 4.79 Å². The first kappa shape index (κ1) is 26.7. The Morgan fingerprint density at radius 1 is 0.857 bits per heavy atom. The van der Waals surface area contributed by atoms with Crippen molar-refractivity contribution in [3.05, 3.63) is 70.9 Å². The molecule has 42 heavy (non-hydrogen) atoms. The van der Waals surface area contributed by atoms with Gasteiger partial charge >= 0.3 is 5.97 Å². The zero-order valence-electron chi connectivity index (χ0n) is 24.0. The first-order valence-electron chi connectivity index (χ1n) is 14.5. The molecule has 11 nitrogen and oxygen atoms in total. The predicted molar refractivity (Wildman–Crippen MR) is 159 cm³/mol. The first-order chi connectivity index (χ1) is 20.6. The third kappa shape index (κ3) is 4.82. The van der Waals surface area contributed by atoms with Gasteiger partial charge in [-0.2, -0.15) is 15.0 Å². The molecule has 0 unspecified atom stereocenters. The molecule has 5 heterocycles. The highest BCUT2D eigenvalue weighted by molar-refractivity contribution is 5.89. The Hall–Kier alpha value is -4.22. The summed E-state index contributed by atoms with van der Waals surface area (Å²) in [4.78, 5) is 38.6. The van der Waals surface area contributed by atoms with E-state index in [1.807, 2.05) is 17.0 Å². The van der Waals surface area contributed by atoms with Crippen LogP contribution in [-0.2, 0) is 25.4 Å². The van der Waals surface area contributed by atoms with Crippen LogP contribution in [-0.4, -0.2) is 91.7 Å². The topological polar surface area (TPSA) is 109 Å². The summed E-state index contributed by atoms with van der Waals surface area (Å²) in [6.07, 6.45) is 0.458. The van der Waals surface area contributed by atoms with Gasteiger partial charge in [-0.1, -0.05) is 48.0 Å². The number of fused-ring (bicyclic) bond motifs is 3. The first-order valence-corrected chi connectivity index (χ1v) is 14.5. The van der Waals surface area contributed by atoms with Crippen molar-refractivity contribution in [2.75, 3.05) is 74.4 Å². The molecule has 0 radical (unpaired) electrons. The van der Waals surface area contributed by atoms with Gasteiger partial charge < -0.3 is 33.9 Å². The van der Waals surface area contributed by atoms with Crippen LogP contribution in [0.2, 0.25) is 0 Å². The molecule has 218 valence electrons. The van der Waals surface area contributed by atoms with Gasteiger partial charge in [0.05, 0.1) is 39.6 Å². The molecule has 7 rings (SSSR count). The quantitative estimate of drug-likeness (QED) is 0.360. The van der Waals surface area contributed by atoms with E-state index in [1.54, 1.807) is 0 Å². The number of ether oxygens (including phenoxy) is 3. The molecule has 3 aliphatic heterocycles. The minimum absolute atomic E-state index is 0.329. The van der Waals surface area contributed by atoms with Crippen molar-refractivity contribution in [1.29, 1.82) is 0 Å². The number of H-pyrrole nitrogens is 1. The van der Waals surface area contributed by atoms with Crippen molar-refractivity contribution in [2.45, 2.75) is 25.4 Å². The summed E-state index contributed by atoms with van der Waals surface area (Å²) in [6, 6.07) is 15.7. The summed E-state index contributed by atoms with van der Waals surface area (Å²) in [6.45, 7) is 7.21. The van der Waals surface area contributed by atoms with Crippen LogP contribution in [0.3, 0.4) is 0 Å². The third-order valence-electron chi connectivity index (χ3n) is 8.42. The second-order valence-electron chi connectivity index (χ2n) is 11.0. The van der Waals surface area contributed by atoms with Crippen LogP contribution in [0, 0.1) is 6.92 Å². The SMILES string of the molecule is COC(=O)[C@@H]1Cc2c([nH]c3ccccc23)[C@@H](c2ccc(C)cc2)N1c1nc(N2CCOCC2)nc(N2CCOCC2)n1. The fourth-order valence-corrected chi connectivity index (χ4v) is 6.22. The number of hydrogen-bond donors (Lipinski definition) is 1. The molecule has 0 spiro atoms. The van der Waals surface area contributed by atoms with Crippen molar-refractivity contribution < 1.29 is 19.0 Å². The average Bonchev–Trinajstić information content (AvgIpc) is 3.43. The molecule has 2 aromatic carbocycles. The smallest absolute Gasteiger partial charge is 0.328 e. The standard InChI is InChI=1S/C31H35N7O4/c1-20-7-9-21(10-8-20)27-26-23(22-5-3-4-6-24(22)32-26)19-25(28(39)40-2)38(27)31-34-29(36-11-15-41-16-12-36)33-30(35-31)37-13-17-42-18-14-37/h3-10,25,27,32H,11-19H2,1-2H3/t25-,27+/m0/s1. The Kier molecular flexibility index (Phi) is 7.12. The zero-order chi connectivity index (χ0) is 28.6. The summed E-state index contributed by atoms with van der Waals surface area (Å²) in [7, 11) is 1.44. The summed E-state index contributed by atoms with van der Waals surface area (Å²) in [5.41, 5.74) is 5.36. The predicted octanol–water partition coefficient (Wildman–Crippen LogP) is 3.03. The molecule has 0 saturated carbocycles. The summed E-state index contributed by atoms with van der Waals surface area (Å²) in [5, 5.41) is 1.11. The molecule has 11 heteroatoms. The Morgan fingerprint density at radius 2 is 1.45 bits per heavy atom. The fraction of sp³-hybridized carbons (Fsp3) is 0.419. The highest BCUT2D eigenvalue weighted by Gasteiger charge is 2.43. The summed E-state index contributed by atoms with van der Waals surface area (Å²) < 4.78 is 16.7. The van der Waals surface area contributed by atoms with Gasteiger partial charge in [-0.3, -0.25) is 0 Å². The average molecular weight is 570 g/mol. The number of carbonyl (C=O) groups excluding carboxylic acids is 1. The number of aryl methyl sites for hydroxylation is 1. The van der Waals surface area contributed by atoms with Crippen molar-refractivity contribution in [3.8, 4) is 0 Å². The van der Waals surface area contributed by atoms with Crippen LogP contribution in [0.5, 0.6) is 0 Å². The van der Waals surface area contributed by atoms with Gasteiger partial charge in [0.1, 0.15) is 6.04 Å². The van der Waals surface area contributed by atoms with Gasteiger partial charge in [0, 0.05) is 49.2 Å². The lowest BCUT2D eigenvalue weighted by Crippen LogP contribution is -2.50. The number of rotatable bonds is 5. The number of nitrogens with one attached hydrogen (secondary N) is 1. The molecular formula is C31H35N7O4. The van der Waals surface area contributed by atoms with Crippen LogP contribution in [0.1, 0.15) is 28.4 Å². The van der Waals surface area contributed by atoms with Crippen molar-refractivity contribution in [3.63, 3.8) is 0 Å². The molecular weight excluding hydrogens is 534 g/mol. The lowest BCUT2D eigenvalue weighted by molar-refractivity contribution is -0.142. The van der Waals surface area contributed by atoms with Gasteiger partial charge in [-0.15, -0.1) is 0 Å². The molecule has 0 aliphatic carbocycles. The highest BCUT2D eigenvalue weighted by Crippen LogP contribution is 2.43. The van der Waals surface area contributed by atoms with E-state index in [-0.39, 0.29) is 12.0 Å². The normalized spacial score (nSPS) is 21.0. The van der Waals surface area contributed by atoms with Gasteiger partial charge in [0.15, 0.2) is 0 Å². The molecule has 3 aliphatic rings. The number of para-hydroxylation sites is 1. The number of morpholine rings is 2. The molecule has 2 saturated heterocycles. The number of hydrogen-bond acceptors (Lipinski definition) is 10. The van der Waals surface area contributed by atoms with Crippen molar-refractivity contribution >= 4 is 34.7 Å². The Balaban J connectivity index is 1.44. The number of esters is 1. The number of carbonyl (C=O) groups is 1. The maximum atomic E-state index is 13.6. The van der Waals surface area contributed by atoms with Gasteiger partial charge in [-0.05, 0) is 24.1 Å². The Morgan fingerprint density at radius 3 is 2.07 bits per heavy atom. The lowest BCUT2D eigenvalue weighted by atomic mass is 9.88. The maximum Gasteiger partial charge on any atom is 0.328 e. The van der Waals surface area contributed by atoms with E-state index in [0.29, 0.717) is 76.9 Å². The van der Waals surface area contributed by atoms with Crippen LogP contribution in [0.25, 0.3) is 10.9 Å². The molecule has 2 atom stereocenters. The molecule has 2 aromatic heterocycles. The maximum absolute atomic E-state index is 13.6. The van der Waals surface area contributed by atoms with Crippen LogP contribution in [0.4, 0.5) is 17.8 Å². The minimum atomic E-state index is -0.648. The fourth-order valence-electron chi connectivity index (χ4n) is 6.22. The van der Waals surface area contributed by atoms with E-state index < -0.39 is 6.04 Å². The zero-order valence-corrected chi connectivity index (χ0v) is 24.0. The summed E-state index contributed by atoms with van der Waals surface area (Å²) >= 11 is 0. The van der Waals surface area contributed by atoms with Crippen LogP contribution in [0.15, 0.2) is 48.5 Å². The van der Waals surface area contributed by atoms with Gasteiger partial charge in [0.25, 0.3) is 0 Å². The molecule has 2 fully saturated rings. The minimum Gasteiger partial charge on any atom is -0.467 e. The Labute approximate surface area is 244 Å².